The molecule has 3 saturated heterocycles. The molecule has 1 spiro atoms. The van der Waals surface area contributed by atoms with Crippen LogP contribution in [0.25, 0.3) is 0 Å². The number of nitrogens with zero attached hydrogens (tertiary/aromatic N) is 1. The molecule has 29 heavy (non-hydrogen) atoms. The van der Waals surface area contributed by atoms with E-state index < -0.39 is 6.04 Å². The van der Waals surface area contributed by atoms with E-state index in [0.29, 0.717) is 25.9 Å². The van der Waals surface area contributed by atoms with Crippen molar-refractivity contribution in [2.24, 2.45) is 0 Å². The first kappa shape index (κ1) is 24.6. The number of rotatable bonds is 8. The molecule has 3 aliphatic heterocycles. The van der Waals surface area contributed by atoms with E-state index in [0.717, 1.165) is 43.7 Å². The molecule has 3 fully saturated rings. The molecule has 3 amide bonds. The topological polar surface area (TPSA) is 111 Å². The van der Waals surface area contributed by atoms with E-state index in [9.17, 15) is 14.4 Å². The first-order valence-electron chi connectivity index (χ1n) is 10.1. The number of carbonyl (C=O) groups excluding carboxylic acids is 3. The van der Waals surface area contributed by atoms with Crippen molar-refractivity contribution < 1.29 is 19.6 Å². The molecule has 0 aromatic rings. The van der Waals surface area contributed by atoms with Gasteiger partial charge in [-0.15, -0.1) is 35.9 Å². The molecule has 0 bridgehead atoms. The second kappa shape index (κ2) is 11.6. The molecule has 2 atom stereocenters. The van der Waals surface area contributed by atoms with Crippen LogP contribution in [0, 0.1) is 0 Å². The Morgan fingerprint density at radius 2 is 1.93 bits per heavy atom. The van der Waals surface area contributed by atoms with Gasteiger partial charge in [-0.05, 0) is 32.2 Å². The molecule has 3 heterocycles. The molecule has 11 heteroatoms. The third kappa shape index (κ3) is 6.40. The van der Waals surface area contributed by atoms with Crippen LogP contribution in [-0.4, -0.2) is 75.1 Å². The van der Waals surface area contributed by atoms with Gasteiger partial charge in [0, 0.05) is 37.4 Å². The first-order valence-corrected chi connectivity index (χ1v) is 12.0. The Morgan fingerprint density at radius 3 is 2.59 bits per heavy atom. The Morgan fingerprint density at radius 1 is 1.17 bits per heavy atom. The number of halogens is 1. The summed E-state index contributed by atoms with van der Waals surface area (Å²) in [5, 5.41) is 14.7. The normalized spacial score (nSPS) is 25.1. The van der Waals surface area contributed by atoms with Crippen LogP contribution >= 0.6 is 35.9 Å². The Labute approximate surface area is 186 Å². The predicted molar refractivity (Wildman–Crippen MR) is 117 cm³/mol. The van der Waals surface area contributed by atoms with Crippen LogP contribution in [-0.2, 0) is 14.4 Å². The van der Waals surface area contributed by atoms with Gasteiger partial charge in [0.15, 0.2) is 0 Å². The quantitative estimate of drug-likeness (QED) is 0.241. The number of likely N-dealkylation sites (tertiary alicyclic amines) is 1. The summed E-state index contributed by atoms with van der Waals surface area (Å²) in [5.41, 5.74) is 1.62. The summed E-state index contributed by atoms with van der Waals surface area (Å²) in [6, 6.07) is -0.548. The number of hydroxylamine groups is 1. The molecule has 8 nitrogen and oxygen atoms in total. The van der Waals surface area contributed by atoms with Gasteiger partial charge >= 0.3 is 0 Å². The lowest BCUT2D eigenvalue weighted by molar-refractivity contribution is -0.139. The number of hydrogen-bond acceptors (Lipinski definition) is 7. The van der Waals surface area contributed by atoms with Crippen molar-refractivity contribution in [3.05, 3.63) is 0 Å². The molecule has 166 valence electrons. The van der Waals surface area contributed by atoms with E-state index in [4.69, 9.17) is 5.21 Å². The molecule has 0 aliphatic carbocycles. The molecule has 0 aromatic heterocycles. The molecule has 4 N–H and O–H groups in total. The summed E-state index contributed by atoms with van der Waals surface area (Å²) >= 11 is 3.77. The third-order valence-corrected chi connectivity index (χ3v) is 8.98. The molecule has 3 aliphatic rings. The van der Waals surface area contributed by atoms with E-state index >= 15 is 0 Å². The van der Waals surface area contributed by atoms with Crippen molar-refractivity contribution >= 4 is 53.7 Å². The average molecular weight is 467 g/mol. The van der Waals surface area contributed by atoms with Gasteiger partial charge in [-0.3, -0.25) is 19.6 Å². The van der Waals surface area contributed by atoms with Gasteiger partial charge in [0.1, 0.15) is 6.04 Å². The Kier molecular flexibility index (Phi) is 9.87. The summed E-state index contributed by atoms with van der Waals surface area (Å²) in [4.78, 5) is 38.7. The molecule has 0 unspecified atom stereocenters. The largest absolute Gasteiger partial charge is 0.354 e. The summed E-state index contributed by atoms with van der Waals surface area (Å²) in [5.74, 6) is 1.76. The summed E-state index contributed by atoms with van der Waals surface area (Å²) in [6.45, 7) is 2.05. The fourth-order valence-electron chi connectivity index (χ4n) is 4.08. The third-order valence-electron chi connectivity index (χ3n) is 5.55. The zero-order valence-electron chi connectivity index (χ0n) is 16.5. The van der Waals surface area contributed by atoms with Crippen LogP contribution in [0.5, 0.6) is 0 Å². The van der Waals surface area contributed by atoms with Crippen molar-refractivity contribution in [1.29, 1.82) is 0 Å². The standard InChI is InChI=1S/C18H30N4O4S2.ClH/c23-15(21-26)6-2-1-3-7-20-16(24)14-11-18(27-9-10-28-18)12-22(14)17(25)13-5-4-8-19-13;/h13-14,19,26H,1-12H2,(H,20,24)(H,21,23);1H/t13-,14-;/m0./s1. The lowest BCUT2D eigenvalue weighted by atomic mass is 10.1. The minimum absolute atomic E-state index is 0. The Hall–Kier alpha value is -0.680. The van der Waals surface area contributed by atoms with Crippen molar-refractivity contribution in [1.82, 2.24) is 21.0 Å². The highest BCUT2D eigenvalue weighted by molar-refractivity contribution is 8.21. The number of carbonyl (C=O) groups is 3. The van der Waals surface area contributed by atoms with Crippen LogP contribution in [0.4, 0.5) is 0 Å². The van der Waals surface area contributed by atoms with Gasteiger partial charge in [-0.25, -0.2) is 5.48 Å². The highest BCUT2D eigenvalue weighted by Crippen LogP contribution is 2.51. The van der Waals surface area contributed by atoms with Crippen molar-refractivity contribution in [2.45, 2.75) is 61.1 Å². The second-order valence-corrected chi connectivity index (χ2v) is 10.8. The Bertz CT molecular complexity index is 586. The maximum absolute atomic E-state index is 13.0. The smallest absolute Gasteiger partial charge is 0.243 e. The van der Waals surface area contributed by atoms with Crippen LogP contribution < -0.4 is 16.1 Å². The summed E-state index contributed by atoms with van der Waals surface area (Å²) < 4.78 is -0.0338. The van der Waals surface area contributed by atoms with Gasteiger partial charge in [-0.2, -0.15) is 0 Å². The first-order chi connectivity index (χ1) is 13.5. The fourth-order valence-corrected chi connectivity index (χ4v) is 7.34. The monoisotopic (exact) mass is 466 g/mol. The van der Waals surface area contributed by atoms with Gasteiger partial charge in [0.25, 0.3) is 0 Å². The second-order valence-electron chi connectivity index (χ2n) is 7.58. The number of unbranched alkanes of at least 4 members (excludes halogenated alkanes) is 2. The van der Waals surface area contributed by atoms with Crippen molar-refractivity contribution in [3.63, 3.8) is 0 Å². The van der Waals surface area contributed by atoms with Crippen molar-refractivity contribution in [2.75, 3.05) is 31.1 Å². The van der Waals surface area contributed by atoms with Crippen LogP contribution in [0.1, 0.15) is 44.9 Å². The molecule has 0 saturated carbocycles. The number of nitrogens with one attached hydrogen (secondary N) is 3. The van der Waals surface area contributed by atoms with E-state index in [-0.39, 0.29) is 46.7 Å². The Balaban J connectivity index is 0.00000300. The highest BCUT2D eigenvalue weighted by Gasteiger charge is 2.52. The minimum Gasteiger partial charge on any atom is -0.354 e. The molecular formula is C18H31ClN4O4S2. The number of thioether (sulfide) groups is 2. The SMILES string of the molecule is Cl.O=C(CCCCCNC(=O)[C@@H]1CC2(CN1C(=O)[C@@H]1CCCN1)SCCS2)NO. The molecular weight excluding hydrogens is 436 g/mol. The fraction of sp³-hybridized carbons (Fsp3) is 0.833. The van der Waals surface area contributed by atoms with E-state index in [2.05, 4.69) is 10.6 Å². The highest BCUT2D eigenvalue weighted by atomic mass is 35.5. The van der Waals surface area contributed by atoms with Crippen LogP contribution in [0.3, 0.4) is 0 Å². The molecule has 3 rings (SSSR count). The zero-order chi connectivity index (χ0) is 20.0. The van der Waals surface area contributed by atoms with Crippen molar-refractivity contribution in [3.8, 4) is 0 Å². The minimum atomic E-state index is -0.395. The molecule has 0 radical (unpaired) electrons. The maximum atomic E-state index is 13.0. The van der Waals surface area contributed by atoms with Gasteiger partial charge < -0.3 is 15.5 Å². The van der Waals surface area contributed by atoms with E-state index in [1.807, 2.05) is 28.4 Å². The predicted octanol–water partition coefficient (Wildman–Crippen LogP) is 1.12. The lowest BCUT2D eigenvalue weighted by Crippen LogP contribution is -2.51. The van der Waals surface area contributed by atoms with E-state index in [1.54, 1.807) is 5.48 Å². The van der Waals surface area contributed by atoms with E-state index in [1.165, 1.54) is 0 Å². The van der Waals surface area contributed by atoms with Crippen LogP contribution in [0.15, 0.2) is 0 Å². The summed E-state index contributed by atoms with van der Waals surface area (Å²) in [7, 11) is 0. The van der Waals surface area contributed by atoms with Gasteiger partial charge in [0.2, 0.25) is 17.7 Å². The molecule has 0 aromatic carbocycles. The van der Waals surface area contributed by atoms with Gasteiger partial charge in [-0.1, -0.05) is 6.42 Å². The lowest BCUT2D eigenvalue weighted by Gasteiger charge is -2.27. The average Bonchev–Trinajstić information content (AvgIpc) is 3.45. The summed E-state index contributed by atoms with van der Waals surface area (Å²) in [6.07, 6.45) is 5.07. The number of hydrogen-bond donors (Lipinski definition) is 4. The van der Waals surface area contributed by atoms with Crippen LogP contribution in [0.2, 0.25) is 0 Å². The maximum Gasteiger partial charge on any atom is 0.243 e. The zero-order valence-corrected chi connectivity index (χ0v) is 18.9. The number of amides is 3. The van der Waals surface area contributed by atoms with Gasteiger partial charge in [0.05, 0.1) is 10.1 Å².